The maximum atomic E-state index is 10.9. The number of hydrogen-bond donors (Lipinski definition) is 2. The molecule has 1 saturated heterocycles. The van der Waals surface area contributed by atoms with Crippen LogP contribution in [0.4, 0.5) is 0 Å². The van der Waals surface area contributed by atoms with Crippen LogP contribution in [0.15, 0.2) is 16.8 Å². The second-order valence-electron chi connectivity index (χ2n) is 5.44. The van der Waals surface area contributed by atoms with Gasteiger partial charge in [0.25, 0.3) is 0 Å². The number of carbonyl (C=O) groups is 1. The summed E-state index contributed by atoms with van der Waals surface area (Å²) < 4.78 is 0. The van der Waals surface area contributed by atoms with Crippen molar-refractivity contribution in [2.45, 2.75) is 25.8 Å². The van der Waals surface area contributed by atoms with Crippen molar-refractivity contribution in [2.75, 3.05) is 26.2 Å². The molecule has 4 nitrogen and oxygen atoms in total. The zero-order chi connectivity index (χ0) is 13.7. The van der Waals surface area contributed by atoms with Gasteiger partial charge in [0.05, 0.1) is 0 Å². The van der Waals surface area contributed by atoms with Gasteiger partial charge in [-0.2, -0.15) is 11.3 Å². The van der Waals surface area contributed by atoms with E-state index in [1.54, 1.807) is 18.3 Å². The lowest BCUT2D eigenvalue weighted by atomic mass is 9.90. The number of amides is 1. The van der Waals surface area contributed by atoms with Gasteiger partial charge in [-0.25, -0.2) is 0 Å². The lowest BCUT2D eigenvalue weighted by Crippen LogP contribution is -2.49. The number of hydrogen-bond acceptors (Lipinski definition) is 4. The van der Waals surface area contributed by atoms with Crippen LogP contribution in [0.25, 0.3) is 0 Å². The Balaban J connectivity index is 1.80. The number of piperidine rings is 1. The molecule has 0 spiro atoms. The molecule has 2 rings (SSSR count). The van der Waals surface area contributed by atoms with Gasteiger partial charge >= 0.3 is 0 Å². The standard InChI is InChI=1S/C14H23N3OS/c1-11(18)16-3-4-17-8-13(7-14(15)9-17)6-12-2-5-19-10-12/h2,5,10,13-14H,3-4,6-9,15H2,1H3,(H,16,18). The average molecular weight is 281 g/mol. The zero-order valence-corrected chi connectivity index (χ0v) is 12.3. The number of nitrogens with zero attached hydrogens (tertiary/aromatic N) is 1. The maximum absolute atomic E-state index is 10.9. The maximum Gasteiger partial charge on any atom is 0.216 e. The second kappa shape index (κ2) is 7.03. The Labute approximate surface area is 119 Å². The largest absolute Gasteiger partial charge is 0.355 e. The molecule has 1 aromatic rings. The summed E-state index contributed by atoms with van der Waals surface area (Å²) in [5.41, 5.74) is 7.57. The van der Waals surface area contributed by atoms with Gasteiger partial charge in [-0.3, -0.25) is 9.69 Å². The highest BCUT2D eigenvalue weighted by Gasteiger charge is 2.24. The highest BCUT2D eigenvalue weighted by Crippen LogP contribution is 2.21. The molecule has 2 atom stereocenters. The third kappa shape index (κ3) is 4.93. The van der Waals surface area contributed by atoms with Crippen LogP contribution in [0.5, 0.6) is 0 Å². The molecule has 0 radical (unpaired) electrons. The monoisotopic (exact) mass is 281 g/mol. The SMILES string of the molecule is CC(=O)NCCN1CC(N)CC(Cc2ccsc2)C1. The van der Waals surface area contributed by atoms with Gasteiger partial charge in [-0.1, -0.05) is 0 Å². The Morgan fingerprint density at radius 1 is 1.58 bits per heavy atom. The number of rotatable bonds is 5. The smallest absolute Gasteiger partial charge is 0.216 e. The molecule has 19 heavy (non-hydrogen) atoms. The summed E-state index contributed by atoms with van der Waals surface area (Å²) >= 11 is 1.75. The molecule has 1 aliphatic rings. The third-order valence-electron chi connectivity index (χ3n) is 3.55. The molecule has 1 aromatic heterocycles. The van der Waals surface area contributed by atoms with Crippen molar-refractivity contribution >= 4 is 17.2 Å². The summed E-state index contributed by atoms with van der Waals surface area (Å²) in [5.74, 6) is 0.673. The van der Waals surface area contributed by atoms with Gasteiger partial charge in [-0.05, 0) is 41.1 Å². The van der Waals surface area contributed by atoms with Gasteiger partial charge in [0.2, 0.25) is 5.91 Å². The predicted octanol–water partition coefficient (Wildman–Crippen LogP) is 1.08. The van der Waals surface area contributed by atoms with Crippen LogP contribution < -0.4 is 11.1 Å². The fourth-order valence-corrected chi connectivity index (χ4v) is 3.49. The molecule has 1 fully saturated rings. The number of thiophene rings is 1. The Morgan fingerprint density at radius 3 is 3.11 bits per heavy atom. The van der Waals surface area contributed by atoms with Crippen LogP contribution in [-0.2, 0) is 11.2 Å². The summed E-state index contributed by atoms with van der Waals surface area (Å²) in [4.78, 5) is 13.2. The lowest BCUT2D eigenvalue weighted by molar-refractivity contribution is -0.119. The van der Waals surface area contributed by atoms with Gasteiger partial charge in [0.1, 0.15) is 0 Å². The van der Waals surface area contributed by atoms with Crippen molar-refractivity contribution in [3.05, 3.63) is 22.4 Å². The van der Waals surface area contributed by atoms with E-state index in [4.69, 9.17) is 5.73 Å². The van der Waals surface area contributed by atoms with E-state index >= 15 is 0 Å². The summed E-state index contributed by atoms with van der Waals surface area (Å²) in [6.07, 6.45) is 2.22. The molecular formula is C14H23N3OS. The Morgan fingerprint density at radius 2 is 2.42 bits per heavy atom. The van der Waals surface area contributed by atoms with Gasteiger partial charge < -0.3 is 11.1 Å². The van der Waals surface area contributed by atoms with E-state index in [0.29, 0.717) is 12.5 Å². The van der Waals surface area contributed by atoms with E-state index in [-0.39, 0.29) is 11.9 Å². The van der Waals surface area contributed by atoms with E-state index in [2.05, 4.69) is 27.0 Å². The summed E-state index contributed by atoms with van der Waals surface area (Å²) in [5, 5.41) is 7.20. The highest BCUT2D eigenvalue weighted by atomic mass is 32.1. The van der Waals surface area contributed by atoms with Gasteiger partial charge in [0, 0.05) is 39.1 Å². The van der Waals surface area contributed by atoms with Crippen LogP contribution in [0.1, 0.15) is 18.9 Å². The van der Waals surface area contributed by atoms with E-state index in [0.717, 1.165) is 32.5 Å². The first-order chi connectivity index (χ1) is 9.13. The van der Waals surface area contributed by atoms with Crippen molar-refractivity contribution < 1.29 is 4.79 Å². The zero-order valence-electron chi connectivity index (χ0n) is 11.5. The fraction of sp³-hybridized carbons (Fsp3) is 0.643. The molecule has 106 valence electrons. The van der Waals surface area contributed by atoms with Crippen LogP contribution >= 0.6 is 11.3 Å². The molecule has 1 aliphatic heterocycles. The van der Waals surface area contributed by atoms with Crippen LogP contribution in [0, 0.1) is 5.92 Å². The topological polar surface area (TPSA) is 58.4 Å². The summed E-state index contributed by atoms with van der Waals surface area (Å²) in [6.45, 7) is 5.20. The van der Waals surface area contributed by atoms with Crippen molar-refractivity contribution in [2.24, 2.45) is 11.7 Å². The molecule has 0 bridgehead atoms. The van der Waals surface area contributed by atoms with Crippen molar-refractivity contribution in [3.8, 4) is 0 Å². The molecule has 0 aliphatic carbocycles. The third-order valence-corrected chi connectivity index (χ3v) is 4.28. The molecule has 5 heteroatoms. The van der Waals surface area contributed by atoms with E-state index in [1.165, 1.54) is 5.56 Å². The predicted molar refractivity (Wildman–Crippen MR) is 79.2 cm³/mol. The minimum Gasteiger partial charge on any atom is -0.355 e. The number of nitrogens with two attached hydrogens (primary N) is 1. The minimum absolute atomic E-state index is 0.0381. The fourth-order valence-electron chi connectivity index (χ4n) is 2.81. The number of carbonyl (C=O) groups excluding carboxylic acids is 1. The molecule has 2 heterocycles. The van der Waals surface area contributed by atoms with Crippen molar-refractivity contribution in [1.82, 2.24) is 10.2 Å². The molecular weight excluding hydrogens is 258 g/mol. The van der Waals surface area contributed by atoms with Crippen molar-refractivity contribution in [1.29, 1.82) is 0 Å². The first kappa shape index (κ1) is 14.5. The van der Waals surface area contributed by atoms with E-state index in [9.17, 15) is 4.79 Å². The number of nitrogens with one attached hydrogen (secondary N) is 1. The minimum atomic E-state index is 0.0381. The summed E-state index contributed by atoms with van der Waals surface area (Å²) in [6, 6.07) is 2.46. The van der Waals surface area contributed by atoms with E-state index in [1.807, 2.05) is 0 Å². The molecule has 2 unspecified atom stereocenters. The highest BCUT2D eigenvalue weighted by molar-refractivity contribution is 7.07. The van der Waals surface area contributed by atoms with Crippen LogP contribution in [-0.4, -0.2) is 43.0 Å². The molecule has 0 aromatic carbocycles. The molecule has 3 N–H and O–H groups in total. The first-order valence-electron chi connectivity index (χ1n) is 6.87. The van der Waals surface area contributed by atoms with E-state index < -0.39 is 0 Å². The van der Waals surface area contributed by atoms with Crippen LogP contribution in [0.3, 0.4) is 0 Å². The van der Waals surface area contributed by atoms with Crippen molar-refractivity contribution in [3.63, 3.8) is 0 Å². The normalized spacial score (nSPS) is 24.3. The molecule has 0 saturated carbocycles. The van der Waals surface area contributed by atoms with Gasteiger partial charge in [0.15, 0.2) is 0 Å². The second-order valence-corrected chi connectivity index (χ2v) is 6.22. The Bertz CT molecular complexity index is 393. The number of likely N-dealkylation sites (tertiary alicyclic amines) is 1. The lowest BCUT2D eigenvalue weighted by Gasteiger charge is -2.36. The average Bonchev–Trinajstić information content (AvgIpc) is 2.80. The van der Waals surface area contributed by atoms with Crippen LogP contribution in [0.2, 0.25) is 0 Å². The quantitative estimate of drug-likeness (QED) is 0.849. The summed E-state index contributed by atoms with van der Waals surface area (Å²) in [7, 11) is 0. The Kier molecular flexibility index (Phi) is 5.36. The van der Waals surface area contributed by atoms with Gasteiger partial charge in [-0.15, -0.1) is 0 Å². The molecule has 1 amide bonds. The first-order valence-corrected chi connectivity index (χ1v) is 7.81. The Hall–Kier alpha value is -0.910.